The van der Waals surface area contributed by atoms with Gasteiger partial charge in [-0.15, -0.1) is 0 Å². The number of carbonyl (C=O) groups excluding carboxylic acids is 2. The summed E-state index contributed by atoms with van der Waals surface area (Å²) >= 11 is 12.2. The Morgan fingerprint density at radius 1 is 0.927 bits per heavy atom. The van der Waals surface area contributed by atoms with Crippen molar-refractivity contribution in [3.8, 4) is 5.75 Å². The van der Waals surface area contributed by atoms with E-state index < -0.39 is 34.1 Å². The van der Waals surface area contributed by atoms with Gasteiger partial charge in [0, 0.05) is 12.1 Å². The number of anilines is 1. The van der Waals surface area contributed by atoms with E-state index in [2.05, 4.69) is 5.32 Å². The minimum Gasteiger partial charge on any atom is -0.489 e. The van der Waals surface area contributed by atoms with Crippen LogP contribution in [0, 0.1) is 0 Å². The summed E-state index contributed by atoms with van der Waals surface area (Å²) in [4.78, 5) is 28.1. The number of sulfonamides is 1. The highest BCUT2D eigenvalue weighted by Gasteiger charge is 2.31. The normalized spacial score (nSPS) is 12.4. The summed E-state index contributed by atoms with van der Waals surface area (Å²) in [6.45, 7) is 6.95. The molecule has 1 N–H and O–H groups in total. The Kier molecular flexibility index (Phi) is 10.7. The third kappa shape index (κ3) is 9.66. The van der Waals surface area contributed by atoms with Crippen molar-refractivity contribution in [3.05, 3.63) is 94.0 Å². The lowest BCUT2D eigenvalue weighted by Crippen LogP contribution is -2.54. The predicted octanol–water partition coefficient (Wildman–Crippen LogP) is 5.67. The third-order valence-electron chi connectivity index (χ3n) is 6.05. The number of hydrogen-bond donors (Lipinski definition) is 1. The Hall–Kier alpha value is -3.27. The quantitative estimate of drug-likeness (QED) is 0.298. The van der Waals surface area contributed by atoms with Crippen LogP contribution < -0.4 is 14.4 Å². The molecule has 2 amide bonds. The van der Waals surface area contributed by atoms with E-state index in [9.17, 15) is 18.0 Å². The van der Waals surface area contributed by atoms with Crippen LogP contribution in [0.2, 0.25) is 10.0 Å². The van der Waals surface area contributed by atoms with Crippen LogP contribution in [0.1, 0.15) is 38.8 Å². The van der Waals surface area contributed by atoms with E-state index in [1.165, 1.54) is 4.90 Å². The highest BCUT2D eigenvalue weighted by atomic mass is 35.5. The lowest BCUT2D eigenvalue weighted by atomic mass is 10.1. The summed E-state index contributed by atoms with van der Waals surface area (Å²) < 4.78 is 32.5. The number of rotatable bonds is 11. The van der Waals surface area contributed by atoms with Gasteiger partial charge in [0.15, 0.2) is 0 Å². The van der Waals surface area contributed by atoms with Crippen molar-refractivity contribution in [2.24, 2.45) is 0 Å². The van der Waals surface area contributed by atoms with Gasteiger partial charge in [0.25, 0.3) is 0 Å². The molecule has 1 atom stereocenters. The van der Waals surface area contributed by atoms with Crippen LogP contribution in [0.3, 0.4) is 0 Å². The van der Waals surface area contributed by atoms with Gasteiger partial charge in [-0.1, -0.05) is 59.6 Å². The van der Waals surface area contributed by atoms with Gasteiger partial charge in [-0.25, -0.2) is 8.42 Å². The van der Waals surface area contributed by atoms with Crippen molar-refractivity contribution in [2.75, 3.05) is 17.1 Å². The van der Waals surface area contributed by atoms with Crippen LogP contribution in [-0.4, -0.2) is 49.5 Å². The number of hydrogen-bond acceptors (Lipinski definition) is 5. The van der Waals surface area contributed by atoms with Gasteiger partial charge >= 0.3 is 0 Å². The lowest BCUT2D eigenvalue weighted by Gasteiger charge is -2.33. The molecule has 220 valence electrons. The molecule has 0 aromatic heterocycles. The van der Waals surface area contributed by atoms with E-state index in [0.717, 1.165) is 16.1 Å². The molecule has 3 rings (SSSR count). The van der Waals surface area contributed by atoms with Gasteiger partial charge in [-0.2, -0.15) is 0 Å². The van der Waals surface area contributed by atoms with Crippen LogP contribution in [0.25, 0.3) is 0 Å². The van der Waals surface area contributed by atoms with E-state index in [1.54, 1.807) is 49.4 Å². The number of halogens is 2. The standard InChI is InChI=1S/C30H35Cl2N3O5S/c1-21(29(37)33-30(2,3)4)34(18-23-11-16-26(31)27(32)17-23)28(36)19-35(41(5,38)39)24-12-14-25(15-13-24)40-20-22-9-7-6-8-10-22/h6-17,21H,18-20H2,1-5H3,(H,33,37). The summed E-state index contributed by atoms with van der Waals surface area (Å²) in [5.74, 6) is -0.398. The van der Waals surface area contributed by atoms with Gasteiger partial charge in [-0.3, -0.25) is 13.9 Å². The minimum atomic E-state index is -3.87. The second-order valence-corrected chi connectivity index (χ2v) is 13.4. The van der Waals surface area contributed by atoms with Crippen LogP contribution in [0.4, 0.5) is 5.69 Å². The molecule has 0 spiro atoms. The number of benzene rings is 3. The molecule has 0 heterocycles. The van der Waals surface area contributed by atoms with Crippen LogP contribution in [-0.2, 0) is 32.8 Å². The molecule has 0 aliphatic carbocycles. The smallest absolute Gasteiger partial charge is 0.244 e. The predicted molar refractivity (Wildman–Crippen MR) is 164 cm³/mol. The summed E-state index contributed by atoms with van der Waals surface area (Å²) in [7, 11) is -3.87. The molecule has 0 saturated heterocycles. The van der Waals surface area contributed by atoms with E-state index in [1.807, 2.05) is 51.1 Å². The molecule has 1 unspecified atom stereocenters. The molecule has 41 heavy (non-hydrogen) atoms. The zero-order valence-electron chi connectivity index (χ0n) is 23.7. The highest BCUT2D eigenvalue weighted by Crippen LogP contribution is 2.25. The van der Waals surface area contributed by atoms with E-state index in [4.69, 9.17) is 27.9 Å². The first kappa shape index (κ1) is 32.2. The highest BCUT2D eigenvalue weighted by molar-refractivity contribution is 7.92. The van der Waals surface area contributed by atoms with Gasteiger partial charge in [0.1, 0.15) is 24.9 Å². The van der Waals surface area contributed by atoms with Gasteiger partial charge < -0.3 is 15.0 Å². The summed E-state index contributed by atoms with van der Waals surface area (Å²) in [5.41, 5.74) is 1.38. The first-order valence-electron chi connectivity index (χ1n) is 12.9. The maximum atomic E-state index is 13.7. The fourth-order valence-corrected chi connectivity index (χ4v) is 5.12. The van der Waals surface area contributed by atoms with Crippen molar-refractivity contribution in [2.45, 2.75) is 52.4 Å². The lowest BCUT2D eigenvalue weighted by molar-refractivity contribution is -0.140. The van der Waals surface area contributed by atoms with Crippen molar-refractivity contribution >= 4 is 50.7 Å². The van der Waals surface area contributed by atoms with E-state index >= 15 is 0 Å². The largest absolute Gasteiger partial charge is 0.489 e. The Balaban J connectivity index is 1.85. The van der Waals surface area contributed by atoms with Crippen molar-refractivity contribution in [1.29, 1.82) is 0 Å². The molecule has 11 heteroatoms. The molecule has 0 saturated carbocycles. The first-order valence-corrected chi connectivity index (χ1v) is 15.5. The molecule has 0 aliphatic heterocycles. The Morgan fingerprint density at radius 3 is 2.12 bits per heavy atom. The van der Waals surface area contributed by atoms with Gasteiger partial charge in [-0.05, 0) is 75.2 Å². The van der Waals surface area contributed by atoms with Crippen LogP contribution >= 0.6 is 23.2 Å². The summed E-state index contributed by atoms with van der Waals surface area (Å²) in [5, 5.41) is 3.53. The number of amides is 2. The van der Waals surface area contributed by atoms with E-state index in [-0.39, 0.29) is 18.1 Å². The van der Waals surface area contributed by atoms with Crippen LogP contribution in [0.5, 0.6) is 5.75 Å². The monoisotopic (exact) mass is 619 g/mol. The summed E-state index contributed by atoms with van der Waals surface area (Å²) in [6, 6.07) is 20.1. The topological polar surface area (TPSA) is 96.0 Å². The Labute approximate surface area is 252 Å². The fourth-order valence-electron chi connectivity index (χ4n) is 3.95. The molecule has 3 aromatic carbocycles. The molecule has 0 aliphatic rings. The fraction of sp³-hybridized carbons (Fsp3) is 0.333. The zero-order valence-corrected chi connectivity index (χ0v) is 26.1. The molecule has 0 fully saturated rings. The van der Waals surface area contributed by atoms with Crippen molar-refractivity contribution in [3.63, 3.8) is 0 Å². The molecular weight excluding hydrogens is 585 g/mol. The molecule has 3 aromatic rings. The number of carbonyl (C=O) groups is 2. The average Bonchev–Trinajstić information content (AvgIpc) is 2.90. The number of ether oxygens (including phenoxy) is 1. The number of nitrogens with one attached hydrogen (secondary N) is 1. The zero-order chi connectivity index (χ0) is 30.4. The number of nitrogens with zero attached hydrogens (tertiary/aromatic N) is 2. The van der Waals surface area contributed by atoms with Crippen LogP contribution in [0.15, 0.2) is 72.8 Å². The van der Waals surface area contributed by atoms with Crippen molar-refractivity contribution < 1.29 is 22.7 Å². The summed E-state index contributed by atoms with van der Waals surface area (Å²) in [6.07, 6.45) is 1.03. The molecule has 0 bridgehead atoms. The van der Waals surface area contributed by atoms with Gasteiger partial charge in [0.05, 0.1) is 22.0 Å². The second-order valence-electron chi connectivity index (χ2n) is 10.7. The maximum absolute atomic E-state index is 13.7. The Morgan fingerprint density at radius 2 is 1.56 bits per heavy atom. The molecular formula is C30H35Cl2N3O5S. The molecule has 0 radical (unpaired) electrons. The first-order chi connectivity index (χ1) is 19.1. The minimum absolute atomic E-state index is 0.0122. The molecule has 8 nitrogen and oxygen atoms in total. The van der Waals surface area contributed by atoms with Crippen molar-refractivity contribution in [1.82, 2.24) is 10.2 Å². The second kappa shape index (κ2) is 13.6. The van der Waals surface area contributed by atoms with Gasteiger partial charge in [0.2, 0.25) is 21.8 Å². The maximum Gasteiger partial charge on any atom is 0.244 e. The third-order valence-corrected chi connectivity index (χ3v) is 7.93. The van der Waals surface area contributed by atoms with E-state index in [0.29, 0.717) is 28.0 Å². The SMILES string of the molecule is CC(C(=O)NC(C)(C)C)N(Cc1ccc(Cl)c(Cl)c1)C(=O)CN(c1ccc(OCc2ccccc2)cc1)S(C)(=O)=O. The Bertz CT molecular complexity index is 1460. The average molecular weight is 621 g/mol.